The number of Topliss-reactive ketones (excluding diaryl/α,β-unsaturated/α-hetero) is 1. The predicted octanol–water partition coefficient (Wildman–Crippen LogP) is 3.30. The minimum Gasteiger partial charge on any atom is -0.479 e. The highest BCUT2D eigenvalue weighted by Crippen LogP contribution is 2.20. The fourth-order valence-electron chi connectivity index (χ4n) is 3.44. The van der Waals surface area contributed by atoms with Crippen LogP contribution in [-0.4, -0.2) is 53.0 Å². The first kappa shape index (κ1) is 22.7. The third-order valence-electron chi connectivity index (χ3n) is 5.23. The van der Waals surface area contributed by atoms with E-state index in [2.05, 4.69) is 5.11 Å². The number of hydrogen-bond acceptors (Lipinski definition) is 6. The molecular formula is C21H29N3O5. The Kier molecular flexibility index (Phi) is 8.45. The summed E-state index contributed by atoms with van der Waals surface area (Å²) in [5.74, 6) is -1.54. The van der Waals surface area contributed by atoms with Crippen molar-refractivity contribution in [2.75, 3.05) is 13.1 Å². The number of ether oxygens (including phenoxy) is 1. The fraction of sp³-hybridized carbons (Fsp3) is 0.571. The van der Waals surface area contributed by atoms with Crippen LogP contribution in [0.25, 0.3) is 0 Å². The van der Waals surface area contributed by atoms with Crippen LogP contribution in [0.3, 0.4) is 0 Å². The number of carbonyl (C=O) groups excluding carboxylic acids is 2. The molecule has 0 radical (unpaired) electrons. The number of nitrogens with one attached hydrogen (secondary N) is 1. The summed E-state index contributed by atoms with van der Waals surface area (Å²) < 4.78 is 5.62. The van der Waals surface area contributed by atoms with Crippen LogP contribution in [-0.2, 0) is 20.9 Å². The number of amides is 1. The molecule has 0 aromatic heterocycles. The van der Waals surface area contributed by atoms with E-state index in [4.69, 9.17) is 15.4 Å². The molecule has 0 bridgehead atoms. The standard InChI is InChI=1S/C21H29N3O5/c1-3-18(21(27)28)29-17-8-10-24(11-9-17)19(25)12-14(2)20(26)16-6-4-15(5-7-16)13-23-22/h4-7,14,17-18,22H,3,8-13H2,1-2H3,(H,27,28). The van der Waals surface area contributed by atoms with Gasteiger partial charge in [0.25, 0.3) is 0 Å². The summed E-state index contributed by atoms with van der Waals surface area (Å²) in [6.45, 7) is 4.82. The van der Waals surface area contributed by atoms with Crippen LogP contribution in [0.5, 0.6) is 0 Å². The van der Waals surface area contributed by atoms with Gasteiger partial charge in [0.2, 0.25) is 5.91 Å². The van der Waals surface area contributed by atoms with E-state index in [1.54, 1.807) is 43.0 Å². The molecule has 1 fully saturated rings. The molecule has 158 valence electrons. The highest BCUT2D eigenvalue weighted by atomic mass is 16.5. The molecule has 0 saturated carbocycles. The van der Waals surface area contributed by atoms with Crippen molar-refractivity contribution >= 4 is 17.7 Å². The van der Waals surface area contributed by atoms with Gasteiger partial charge >= 0.3 is 5.97 Å². The number of likely N-dealkylation sites (tertiary alicyclic amines) is 1. The molecule has 1 aromatic rings. The second-order valence-corrected chi connectivity index (χ2v) is 7.43. The number of ketones is 1. The Morgan fingerprint density at radius 2 is 1.86 bits per heavy atom. The van der Waals surface area contributed by atoms with Crippen molar-refractivity contribution in [1.29, 1.82) is 5.53 Å². The first-order valence-electron chi connectivity index (χ1n) is 9.98. The Morgan fingerprint density at radius 3 is 2.38 bits per heavy atom. The highest BCUT2D eigenvalue weighted by molar-refractivity contribution is 5.99. The molecule has 2 atom stereocenters. The predicted molar refractivity (Wildman–Crippen MR) is 106 cm³/mol. The number of rotatable bonds is 10. The maximum atomic E-state index is 12.6. The first-order valence-corrected chi connectivity index (χ1v) is 9.98. The maximum absolute atomic E-state index is 12.6. The second-order valence-electron chi connectivity index (χ2n) is 7.43. The SMILES string of the molecule is CCC(OC1CCN(C(=O)CC(C)C(=O)c2ccc(CN=N)cc2)CC1)C(=O)O. The number of benzene rings is 1. The van der Waals surface area contributed by atoms with Crippen molar-refractivity contribution in [2.24, 2.45) is 11.0 Å². The Bertz CT molecular complexity index is 726. The van der Waals surface area contributed by atoms with Crippen LogP contribution >= 0.6 is 0 Å². The summed E-state index contributed by atoms with van der Waals surface area (Å²) in [6.07, 6.45) is 0.781. The molecule has 0 spiro atoms. The number of hydrogen-bond donors (Lipinski definition) is 2. The summed E-state index contributed by atoms with van der Waals surface area (Å²) in [5, 5.41) is 12.4. The topological polar surface area (TPSA) is 120 Å². The molecule has 2 N–H and O–H groups in total. The second kappa shape index (κ2) is 10.8. The van der Waals surface area contributed by atoms with Gasteiger partial charge in [-0.15, -0.1) is 0 Å². The van der Waals surface area contributed by atoms with E-state index in [0.717, 1.165) is 5.56 Å². The largest absolute Gasteiger partial charge is 0.479 e. The lowest BCUT2D eigenvalue weighted by atomic mass is 9.94. The molecule has 0 aliphatic carbocycles. The number of carboxylic acid groups (broad SMARTS) is 1. The zero-order valence-corrected chi connectivity index (χ0v) is 17.0. The van der Waals surface area contributed by atoms with Crippen molar-refractivity contribution in [3.05, 3.63) is 35.4 Å². The zero-order chi connectivity index (χ0) is 21.4. The van der Waals surface area contributed by atoms with Gasteiger partial charge in [-0.2, -0.15) is 5.11 Å². The van der Waals surface area contributed by atoms with Gasteiger partial charge < -0.3 is 14.7 Å². The van der Waals surface area contributed by atoms with Crippen LogP contribution in [0.15, 0.2) is 29.4 Å². The Morgan fingerprint density at radius 1 is 1.24 bits per heavy atom. The molecule has 1 aliphatic rings. The molecule has 8 nitrogen and oxygen atoms in total. The van der Waals surface area contributed by atoms with Crippen LogP contribution in [0, 0.1) is 11.4 Å². The number of carboxylic acids is 1. The van der Waals surface area contributed by atoms with E-state index in [0.29, 0.717) is 37.9 Å². The molecule has 1 saturated heterocycles. The molecule has 1 heterocycles. The smallest absolute Gasteiger partial charge is 0.332 e. The molecule has 1 amide bonds. The van der Waals surface area contributed by atoms with Gasteiger partial charge in [-0.3, -0.25) is 9.59 Å². The van der Waals surface area contributed by atoms with Gasteiger partial charge in [-0.25, -0.2) is 10.3 Å². The van der Waals surface area contributed by atoms with Gasteiger partial charge in [0.1, 0.15) is 0 Å². The number of aliphatic carboxylic acids is 1. The summed E-state index contributed by atoms with van der Waals surface area (Å²) in [4.78, 5) is 38.0. The van der Waals surface area contributed by atoms with E-state index in [-0.39, 0.29) is 30.8 Å². The van der Waals surface area contributed by atoms with Crippen molar-refractivity contribution in [3.63, 3.8) is 0 Å². The van der Waals surface area contributed by atoms with Gasteiger partial charge in [0.15, 0.2) is 11.9 Å². The van der Waals surface area contributed by atoms with Gasteiger partial charge in [0, 0.05) is 31.0 Å². The average molecular weight is 403 g/mol. The van der Waals surface area contributed by atoms with E-state index in [9.17, 15) is 14.4 Å². The summed E-state index contributed by atoms with van der Waals surface area (Å²) in [5.41, 5.74) is 8.28. The van der Waals surface area contributed by atoms with Crippen LogP contribution in [0.2, 0.25) is 0 Å². The van der Waals surface area contributed by atoms with E-state index in [1.165, 1.54) is 0 Å². The lowest BCUT2D eigenvalue weighted by molar-refractivity contribution is -0.157. The minimum atomic E-state index is -0.958. The van der Waals surface area contributed by atoms with Crippen LogP contribution in [0.4, 0.5) is 0 Å². The zero-order valence-electron chi connectivity index (χ0n) is 17.0. The first-order chi connectivity index (χ1) is 13.8. The lowest BCUT2D eigenvalue weighted by Gasteiger charge is -2.33. The molecule has 1 aliphatic heterocycles. The van der Waals surface area contributed by atoms with Gasteiger partial charge in [-0.05, 0) is 24.8 Å². The Labute approximate surface area is 170 Å². The molecule has 8 heteroatoms. The number of nitrogens with zero attached hydrogens (tertiary/aromatic N) is 2. The normalized spacial score (nSPS) is 16.8. The van der Waals surface area contributed by atoms with Crippen molar-refractivity contribution < 1.29 is 24.2 Å². The van der Waals surface area contributed by atoms with Crippen molar-refractivity contribution in [3.8, 4) is 0 Å². The maximum Gasteiger partial charge on any atom is 0.332 e. The molecule has 1 aromatic carbocycles. The summed E-state index contributed by atoms with van der Waals surface area (Å²) >= 11 is 0. The van der Waals surface area contributed by atoms with E-state index >= 15 is 0 Å². The van der Waals surface area contributed by atoms with E-state index in [1.807, 2.05) is 0 Å². The molecule has 29 heavy (non-hydrogen) atoms. The fourth-order valence-corrected chi connectivity index (χ4v) is 3.44. The number of piperidine rings is 1. The lowest BCUT2D eigenvalue weighted by Crippen LogP contribution is -2.43. The third kappa shape index (κ3) is 6.45. The Balaban J connectivity index is 1.83. The number of carbonyl (C=O) groups is 3. The van der Waals surface area contributed by atoms with Gasteiger partial charge in [0.05, 0.1) is 12.6 Å². The monoisotopic (exact) mass is 403 g/mol. The molecule has 2 rings (SSSR count). The van der Waals surface area contributed by atoms with E-state index < -0.39 is 18.0 Å². The summed E-state index contributed by atoms with van der Waals surface area (Å²) in [7, 11) is 0. The minimum absolute atomic E-state index is 0.0702. The van der Waals surface area contributed by atoms with Crippen LogP contribution in [0.1, 0.15) is 55.5 Å². The highest BCUT2D eigenvalue weighted by Gasteiger charge is 2.28. The quantitative estimate of drug-likeness (QED) is 0.459. The summed E-state index contributed by atoms with van der Waals surface area (Å²) in [6, 6.07) is 6.95. The molecule has 2 unspecified atom stereocenters. The Hall–Kier alpha value is -2.61. The average Bonchev–Trinajstić information content (AvgIpc) is 2.72. The van der Waals surface area contributed by atoms with Gasteiger partial charge in [-0.1, -0.05) is 38.1 Å². The third-order valence-corrected chi connectivity index (χ3v) is 5.23. The molecular weight excluding hydrogens is 374 g/mol. The van der Waals surface area contributed by atoms with Crippen molar-refractivity contribution in [1.82, 2.24) is 4.90 Å². The van der Waals surface area contributed by atoms with Crippen LogP contribution < -0.4 is 0 Å². The van der Waals surface area contributed by atoms with Crippen molar-refractivity contribution in [2.45, 2.75) is 58.3 Å².